The molecule has 148 valence electrons. The van der Waals surface area contributed by atoms with Crippen molar-refractivity contribution < 1.29 is 14.3 Å². The summed E-state index contributed by atoms with van der Waals surface area (Å²) in [6, 6.07) is 24.9. The SMILES string of the molecule is Cc1ccc(NC(=O)COC(=O)CC(c2ccccc2)c2ccccc2)c(Cl)c1. The number of halogens is 1. The molecule has 0 bridgehead atoms. The summed E-state index contributed by atoms with van der Waals surface area (Å²) in [7, 11) is 0. The summed E-state index contributed by atoms with van der Waals surface area (Å²) in [5.74, 6) is -1.01. The lowest BCUT2D eigenvalue weighted by Crippen LogP contribution is -2.22. The number of esters is 1. The molecule has 0 aromatic heterocycles. The van der Waals surface area contributed by atoms with E-state index in [1.165, 1.54) is 0 Å². The molecule has 4 nitrogen and oxygen atoms in total. The lowest BCUT2D eigenvalue weighted by Gasteiger charge is -2.17. The average Bonchev–Trinajstić information content (AvgIpc) is 2.74. The minimum absolute atomic E-state index is 0.139. The third-order valence-electron chi connectivity index (χ3n) is 4.54. The number of carbonyl (C=O) groups excluding carboxylic acids is 2. The second-order valence-corrected chi connectivity index (χ2v) is 7.18. The fourth-order valence-electron chi connectivity index (χ4n) is 3.08. The first kappa shape index (κ1) is 20.6. The van der Waals surface area contributed by atoms with Crippen molar-refractivity contribution in [3.05, 3.63) is 101 Å². The van der Waals surface area contributed by atoms with Gasteiger partial charge < -0.3 is 10.1 Å². The first-order valence-electron chi connectivity index (χ1n) is 9.34. The molecule has 0 spiro atoms. The van der Waals surface area contributed by atoms with E-state index < -0.39 is 11.9 Å². The molecule has 3 aromatic carbocycles. The molecule has 5 heteroatoms. The fraction of sp³-hybridized carbons (Fsp3) is 0.167. The van der Waals surface area contributed by atoms with Gasteiger partial charge in [-0.05, 0) is 35.7 Å². The van der Waals surface area contributed by atoms with E-state index in [1.54, 1.807) is 12.1 Å². The van der Waals surface area contributed by atoms with Gasteiger partial charge in [-0.15, -0.1) is 0 Å². The molecular formula is C24H22ClNO3. The van der Waals surface area contributed by atoms with Gasteiger partial charge in [0.2, 0.25) is 0 Å². The third-order valence-corrected chi connectivity index (χ3v) is 4.85. The van der Waals surface area contributed by atoms with Crippen molar-refractivity contribution in [2.45, 2.75) is 19.3 Å². The number of hydrogen-bond acceptors (Lipinski definition) is 3. The summed E-state index contributed by atoms with van der Waals surface area (Å²) in [6.07, 6.45) is 0.145. The molecule has 0 atom stereocenters. The minimum Gasteiger partial charge on any atom is -0.456 e. The van der Waals surface area contributed by atoms with Gasteiger partial charge in [-0.1, -0.05) is 78.3 Å². The maximum atomic E-state index is 12.4. The molecule has 29 heavy (non-hydrogen) atoms. The number of anilines is 1. The second-order valence-electron chi connectivity index (χ2n) is 6.77. The molecule has 0 aliphatic carbocycles. The number of nitrogens with one attached hydrogen (secondary N) is 1. The smallest absolute Gasteiger partial charge is 0.307 e. The van der Waals surface area contributed by atoms with Gasteiger partial charge in [0.1, 0.15) is 0 Å². The zero-order valence-electron chi connectivity index (χ0n) is 16.1. The molecule has 3 rings (SSSR count). The standard InChI is InChI=1S/C24H22ClNO3/c1-17-12-13-22(21(25)14-17)26-23(27)16-29-24(28)15-20(18-8-4-2-5-9-18)19-10-6-3-7-11-19/h2-14,20H,15-16H2,1H3,(H,26,27). The monoisotopic (exact) mass is 407 g/mol. The average molecular weight is 408 g/mol. The van der Waals surface area contributed by atoms with Crippen LogP contribution in [0.5, 0.6) is 0 Å². The Kier molecular flexibility index (Phi) is 7.04. The molecule has 3 aromatic rings. The predicted octanol–water partition coefficient (Wildman–Crippen LogP) is 5.35. The van der Waals surface area contributed by atoms with Crippen molar-refractivity contribution in [2.75, 3.05) is 11.9 Å². The highest BCUT2D eigenvalue weighted by atomic mass is 35.5. The van der Waals surface area contributed by atoms with Crippen LogP contribution in [-0.2, 0) is 14.3 Å². The first-order valence-corrected chi connectivity index (χ1v) is 9.72. The largest absolute Gasteiger partial charge is 0.456 e. The summed E-state index contributed by atoms with van der Waals surface area (Å²) in [5.41, 5.74) is 3.52. The number of hydrogen-bond donors (Lipinski definition) is 1. The third kappa shape index (κ3) is 5.93. The lowest BCUT2D eigenvalue weighted by atomic mass is 9.89. The van der Waals surface area contributed by atoms with Crippen LogP contribution in [0.15, 0.2) is 78.9 Å². The molecular weight excluding hydrogens is 386 g/mol. The second kappa shape index (κ2) is 9.89. The summed E-state index contributed by atoms with van der Waals surface area (Å²) in [4.78, 5) is 24.6. The van der Waals surface area contributed by atoms with Crippen LogP contribution < -0.4 is 5.32 Å². The van der Waals surface area contributed by atoms with E-state index in [4.69, 9.17) is 16.3 Å². The Morgan fingerprint density at radius 1 is 0.931 bits per heavy atom. The molecule has 0 unspecified atom stereocenters. The fourth-order valence-corrected chi connectivity index (χ4v) is 3.36. The van der Waals surface area contributed by atoms with E-state index in [9.17, 15) is 9.59 Å². The molecule has 0 saturated heterocycles. The summed E-state index contributed by atoms with van der Waals surface area (Å²) < 4.78 is 5.22. The van der Waals surface area contributed by atoms with Gasteiger partial charge in [0.15, 0.2) is 6.61 Å². The molecule has 0 aliphatic rings. The Bertz CT molecular complexity index is 934. The Morgan fingerprint density at radius 2 is 1.52 bits per heavy atom. The topological polar surface area (TPSA) is 55.4 Å². The van der Waals surface area contributed by atoms with Gasteiger partial charge >= 0.3 is 5.97 Å². The van der Waals surface area contributed by atoms with Crippen molar-refractivity contribution in [3.8, 4) is 0 Å². The van der Waals surface area contributed by atoms with Crippen molar-refractivity contribution in [1.82, 2.24) is 0 Å². The molecule has 0 fully saturated rings. The molecule has 1 N–H and O–H groups in total. The van der Waals surface area contributed by atoms with Crippen molar-refractivity contribution in [3.63, 3.8) is 0 Å². The normalized spacial score (nSPS) is 10.6. The zero-order valence-corrected chi connectivity index (χ0v) is 16.9. The van der Waals surface area contributed by atoms with E-state index in [1.807, 2.05) is 73.7 Å². The lowest BCUT2D eigenvalue weighted by molar-refractivity contribution is -0.147. The number of benzene rings is 3. The Morgan fingerprint density at radius 3 is 2.07 bits per heavy atom. The van der Waals surface area contributed by atoms with E-state index in [2.05, 4.69) is 5.32 Å². The number of ether oxygens (including phenoxy) is 1. The van der Waals surface area contributed by atoms with E-state index in [-0.39, 0.29) is 18.9 Å². The maximum absolute atomic E-state index is 12.4. The molecule has 1 amide bonds. The van der Waals surface area contributed by atoms with Crippen molar-refractivity contribution in [2.24, 2.45) is 0 Å². The van der Waals surface area contributed by atoms with Gasteiger partial charge in [-0.2, -0.15) is 0 Å². The van der Waals surface area contributed by atoms with Crippen LogP contribution in [0.2, 0.25) is 5.02 Å². The van der Waals surface area contributed by atoms with Crippen LogP contribution in [0.4, 0.5) is 5.69 Å². The summed E-state index contributed by atoms with van der Waals surface area (Å²) in [5, 5.41) is 3.10. The van der Waals surface area contributed by atoms with Gasteiger partial charge in [-0.25, -0.2) is 0 Å². The first-order chi connectivity index (χ1) is 14.0. The highest BCUT2D eigenvalue weighted by Gasteiger charge is 2.19. The summed E-state index contributed by atoms with van der Waals surface area (Å²) >= 11 is 6.12. The zero-order chi connectivity index (χ0) is 20.6. The number of amides is 1. The highest BCUT2D eigenvalue weighted by molar-refractivity contribution is 6.33. The summed E-state index contributed by atoms with van der Waals surface area (Å²) in [6.45, 7) is 1.55. The van der Waals surface area contributed by atoms with Crippen molar-refractivity contribution in [1.29, 1.82) is 0 Å². The van der Waals surface area contributed by atoms with Crippen LogP contribution in [0, 0.1) is 6.92 Å². The predicted molar refractivity (Wildman–Crippen MR) is 115 cm³/mol. The van der Waals surface area contributed by atoms with Gasteiger partial charge in [0.25, 0.3) is 5.91 Å². The van der Waals surface area contributed by atoms with Crippen LogP contribution in [0.25, 0.3) is 0 Å². The van der Waals surface area contributed by atoms with Gasteiger partial charge in [-0.3, -0.25) is 9.59 Å². The Balaban J connectivity index is 1.61. The van der Waals surface area contributed by atoms with Crippen LogP contribution >= 0.6 is 11.6 Å². The van der Waals surface area contributed by atoms with Crippen LogP contribution in [-0.4, -0.2) is 18.5 Å². The minimum atomic E-state index is -0.437. The van der Waals surface area contributed by atoms with Crippen LogP contribution in [0.3, 0.4) is 0 Å². The van der Waals surface area contributed by atoms with E-state index >= 15 is 0 Å². The molecule has 0 saturated carbocycles. The highest BCUT2D eigenvalue weighted by Crippen LogP contribution is 2.28. The molecule has 0 radical (unpaired) electrons. The van der Waals surface area contributed by atoms with Crippen LogP contribution in [0.1, 0.15) is 29.0 Å². The number of rotatable bonds is 7. The van der Waals surface area contributed by atoms with Gasteiger partial charge in [0, 0.05) is 5.92 Å². The van der Waals surface area contributed by atoms with Gasteiger partial charge in [0.05, 0.1) is 17.1 Å². The Labute approximate surface area is 175 Å². The molecule has 0 heterocycles. The quantitative estimate of drug-likeness (QED) is 0.537. The molecule has 0 aliphatic heterocycles. The number of carbonyl (C=O) groups is 2. The Hall–Kier alpha value is -3.11. The van der Waals surface area contributed by atoms with E-state index in [0.717, 1.165) is 16.7 Å². The number of aryl methyl sites for hydroxylation is 1. The van der Waals surface area contributed by atoms with Crippen molar-refractivity contribution >= 4 is 29.2 Å². The van der Waals surface area contributed by atoms with E-state index in [0.29, 0.717) is 10.7 Å². The maximum Gasteiger partial charge on any atom is 0.307 e.